The van der Waals surface area contributed by atoms with Gasteiger partial charge in [0.2, 0.25) is 0 Å². The maximum Gasteiger partial charge on any atom is 0.184 e. The van der Waals surface area contributed by atoms with Gasteiger partial charge >= 0.3 is 0 Å². The number of benzene rings is 2. The second kappa shape index (κ2) is 7.25. The van der Waals surface area contributed by atoms with E-state index < -0.39 is 0 Å². The molecule has 0 aliphatic carbocycles. The van der Waals surface area contributed by atoms with Crippen molar-refractivity contribution in [3.63, 3.8) is 0 Å². The molecule has 23 heavy (non-hydrogen) atoms. The smallest absolute Gasteiger partial charge is 0.184 e. The van der Waals surface area contributed by atoms with Crippen molar-refractivity contribution in [2.45, 2.75) is 10.1 Å². The molecule has 0 spiro atoms. The monoisotopic (exact) mass is 364 g/mol. The molecule has 0 saturated carbocycles. The predicted octanol–water partition coefficient (Wildman–Crippen LogP) is 5.10. The van der Waals surface area contributed by atoms with Crippen LogP contribution in [0.4, 0.5) is 4.39 Å². The Labute approximate surface area is 146 Å². The number of nitrogens with zero attached hydrogens (tertiary/aromatic N) is 2. The first-order valence-electron chi connectivity index (χ1n) is 6.78. The number of halogens is 1. The second-order valence-corrected chi connectivity index (χ2v) is 7.48. The summed E-state index contributed by atoms with van der Waals surface area (Å²) in [5.41, 5.74) is 1.82. The highest BCUT2D eigenvalue weighted by atomic mass is 32.2. The van der Waals surface area contributed by atoms with Crippen LogP contribution in [0.1, 0.15) is 5.56 Å². The average Bonchev–Trinajstić information content (AvgIpc) is 2.95. The van der Waals surface area contributed by atoms with Gasteiger partial charge in [0.25, 0.3) is 0 Å². The minimum atomic E-state index is -0.354. The molecule has 0 unspecified atom stereocenters. The summed E-state index contributed by atoms with van der Waals surface area (Å²) >= 11 is 8.36. The first-order chi connectivity index (χ1) is 11.2. The van der Waals surface area contributed by atoms with E-state index in [2.05, 4.69) is 5.10 Å². The van der Waals surface area contributed by atoms with Gasteiger partial charge in [0.05, 0.1) is 12.8 Å². The van der Waals surface area contributed by atoms with E-state index in [1.165, 1.54) is 36.3 Å². The average molecular weight is 364 g/mol. The normalized spacial score (nSPS) is 10.7. The van der Waals surface area contributed by atoms with E-state index in [0.717, 1.165) is 15.6 Å². The number of hydrogen-bond acceptors (Lipinski definition) is 5. The second-order valence-electron chi connectivity index (χ2n) is 4.64. The van der Waals surface area contributed by atoms with Crippen molar-refractivity contribution in [1.82, 2.24) is 9.78 Å². The number of para-hydroxylation sites is 1. The molecule has 0 saturated heterocycles. The third-order valence-electron chi connectivity index (χ3n) is 3.11. The Hall–Kier alpha value is -1.70. The molecule has 3 rings (SSSR count). The molecule has 118 valence electrons. The molecular weight excluding hydrogens is 351 g/mol. The van der Waals surface area contributed by atoms with E-state index in [4.69, 9.17) is 17.0 Å². The first-order valence-corrected chi connectivity index (χ1v) is 8.99. The molecule has 3 aromatic rings. The lowest BCUT2D eigenvalue weighted by Gasteiger charge is -2.04. The zero-order chi connectivity index (χ0) is 16.2. The van der Waals surface area contributed by atoms with E-state index in [1.54, 1.807) is 10.7 Å². The van der Waals surface area contributed by atoms with Gasteiger partial charge in [-0.3, -0.25) is 0 Å². The summed E-state index contributed by atoms with van der Waals surface area (Å²) in [4.78, 5) is 0. The summed E-state index contributed by atoms with van der Waals surface area (Å²) < 4.78 is 21.9. The third-order valence-corrected chi connectivity index (χ3v) is 5.55. The zero-order valence-electron chi connectivity index (χ0n) is 12.2. The van der Waals surface area contributed by atoms with Gasteiger partial charge in [-0.15, -0.1) is 5.10 Å². The summed E-state index contributed by atoms with van der Waals surface area (Å²) in [7, 11) is 1.45. The highest BCUT2D eigenvalue weighted by molar-refractivity contribution is 8.00. The van der Waals surface area contributed by atoms with E-state index in [0.29, 0.717) is 9.71 Å². The molecule has 0 aliphatic heterocycles. The Bertz CT molecular complexity index is 861. The zero-order valence-corrected chi connectivity index (χ0v) is 14.7. The Balaban J connectivity index is 1.74. The van der Waals surface area contributed by atoms with Crippen molar-refractivity contribution in [3.05, 3.63) is 63.9 Å². The fourth-order valence-electron chi connectivity index (χ4n) is 2.00. The highest BCUT2D eigenvalue weighted by Gasteiger charge is 2.08. The van der Waals surface area contributed by atoms with Gasteiger partial charge in [-0.1, -0.05) is 47.4 Å². The molecular formula is C16H13FN2OS3. The maximum atomic E-state index is 13.7. The first kappa shape index (κ1) is 16.2. The van der Waals surface area contributed by atoms with Crippen LogP contribution in [-0.2, 0) is 5.75 Å². The number of hydrogen-bond donors (Lipinski definition) is 0. The standard InChI is InChI=1S/C16H13FN2OS3/c1-20-14-8-7-11(9-13(14)17)10-22-15-18-19(16(21)23-15)12-5-3-2-4-6-12/h2-9H,10H2,1H3. The summed E-state index contributed by atoms with van der Waals surface area (Å²) in [6, 6.07) is 14.7. The number of methoxy groups -OCH3 is 1. The van der Waals surface area contributed by atoms with Gasteiger partial charge in [-0.25, -0.2) is 9.07 Å². The van der Waals surface area contributed by atoms with Crippen LogP contribution in [0.25, 0.3) is 5.69 Å². The fraction of sp³-hybridized carbons (Fsp3) is 0.125. The minimum absolute atomic E-state index is 0.253. The number of ether oxygens (including phenoxy) is 1. The lowest BCUT2D eigenvalue weighted by molar-refractivity contribution is 0.386. The van der Waals surface area contributed by atoms with Crippen LogP contribution >= 0.6 is 35.3 Å². The lowest BCUT2D eigenvalue weighted by atomic mass is 10.2. The largest absolute Gasteiger partial charge is 0.494 e. The lowest BCUT2D eigenvalue weighted by Crippen LogP contribution is -1.95. The van der Waals surface area contributed by atoms with Gasteiger partial charge in [-0.05, 0) is 42.0 Å². The van der Waals surface area contributed by atoms with E-state index in [9.17, 15) is 4.39 Å². The van der Waals surface area contributed by atoms with Gasteiger partial charge < -0.3 is 4.74 Å². The van der Waals surface area contributed by atoms with Crippen molar-refractivity contribution >= 4 is 35.3 Å². The molecule has 0 fully saturated rings. The number of thioether (sulfide) groups is 1. The van der Waals surface area contributed by atoms with Crippen LogP contribution in [0.3, 0.4) is 0 Å². The molecule has 0 bridgehead atoms. The van der Waals surface area contributed by atoms with E-state index >= 15 is 0 Å². The van der Waals surface area contributed by atoms with Crippen LogP contribution < -0.4 is 4.74 Å². The summed E-state index contributed by atoms with van der Waals surface area (Å²) in [5, 5.41) is 4.53. The van der Waals surface area contributed by atoms with Crippen LogP contribution in [0, 0.1) is 9.77 Å². The van der Waals surface area contributed by atoms with Crippen LogP contribution in [0.5, 0.6) is 5.75 Å². The molecule has 7 heteroatoms. The number of aromatic nitrogens is 2. The topological polar surface area (TPSA) is 27.1 Å². The quantitative estimate of drug-likeness (QED) is 0.465. The molecule has 0 atom stereocenters. The van der Waals surface area contributed by atoms with E-state index in [-0.39, 0.29) is 11.6 Å². The van der Waals surface area contributed by atoms with Crippen molar-refractivity contribution < 1.29 is 9.13 Å². The van der Waals surface area contributed by atoms with Gasteiger partial charge in [0.1, 0.15) is 0 Å². The Morgan fingerprint density at radius 2 is 2.04 bits per heavy atom. The summed E-state index contributed by atoms with van der Waals surface area (Å²) in [6.45, 7) is 0. The van der Waals surface area contributed by atoms with Gasteiger partial charge in [-0.2, -0.15) is 0 Å². The van der Waals surface area contributed by atoms with Gasteiger partial charge in [0, 0.05) is 5.75 Å². The minimum Gasteiger partial charge on any atom is -0.494 e. The molecule has 3 nitrogen and oxygen atoms in total. The third kappa shape index (κ3) is 3.80. The highest BCUT2D eigenvalue weighted by Crippen LogP contribution is 2.28. The van der Waals surface area contributed by atoms with Crippen LogP contribution in [0.15, 0.2) is 52.9 Å². The van der Waals surface area contributed by atoms with Gasteiger partial charge in [0.15, 0.2) is 19.9 Å². The summed E-state index contributed by atoms with van der Waals surface area (Å²) in [6.07, 6.45) is 0. The SMILES string of the molecule is COc1ccc(CSc2nn(-c3ccccc3)c(=S)s2)cc1F. The van der Waals surface area contributed by atoms with Crippen molar-refractivity contribution in [2.75, 3.05) is 7.11 Å². The molecule has 0 N–H and O–H groups in total. The van der Waals surface area contributed by atoms with Crippen molar-refractivity contribution in [1.29, 1.82) is 0 Å². The number of rotatable bonds is 5. The molecule has 0 aliphatic rings. The molecule has 0 amide bonds. The van der Waals surface area contributed by atoms with Crippen molar-refractivity contribution in [2.24, 2.45) is 0 Å². The van der Waals surface area contributed by atoms with Crippen molar-refractivity contribution in [3.8, 4) is 11.4 Å². The predicted molar refractivity (Wildman–Crippen MR) is 94.8 cm³/mol. The maximum absolute atomic E-state index is 13.7. The molecule has 1 heterocycles. The Kier molecular flexibility index (Phi) is 5.09. The van der Waals surface area contributed by atoms with E-state index in [1.807, 2.05) is 36.4 Å². The van der Waals surface area contributed by atoms with Crippen LogP contribution in [-0.4, -0.2) is 16.9 Å². The Morgan fingerprint density at radius 1 is 1.26 bits per heavy atom. The Morgan fingerprint density at radius 3 is 2.74 bits per heavy atom. The molecule has 0 radical (unpaired) electrons. The molecule has 1 aromatic heterocycles. The summed E-state index contributed by atoms with van der Waals surface area (Å²) in [5.74, 6) is 0.522. The molecule has 2 aromatic carbocycles. The fourth-order valence-corrected chi connectivity index (χ4v) is 4.30. The van der Waals surface area contributed by atoms with Crippen LogP contribution in [0.2, 0.25) is 0 Å².